The molecule has 0 aliphatic heterocycles. The Kier molecular flexibility index (Phi) is 20.1. The van der Waals surface area contributed by atoms with Gasteiger partial charge >= 0.3 is 0 Å². The first-order valence-corrected chi connectivity index (χ1v) is 38.5. The Morgan fingerprint density at radius 1 is 0.129 bits per heavy atom. The van der Waals surface area contributed by atoms with Crippen LogP contribution in [0.25, 0.3) is 66.9 Å². The molecule has 0 saturated heterocycles. The number of carbonyl (C=O) groups is 3. The van der Waals surface area contributed by atoms with Gasteiger partial charge in [0.25, 0.3) is 0 Å². The van der Waals surface area contributed by atoms with E-state index < -0.39 is 0 Å². The van der Waals surface area contributed by atoms with Crippen LogP contribution in [0.15, 0.2) is 413 Å². The molecule has 0 spiro atoms. The zero-order valence-corrected chi connectivity index (χ0v) is 62.8. The number of ketones is 3. The molecule has 0 unspecified atom stereocenters. The molecule has 3 aliphatic carbocycles. The third-order valence-electron chi connectivity index (χ3n) is 20.9. The monoisotopic (exact) mass is 1480 g/mol. The largest absolute Gasteiger partial charge is 0.457 e. The van der Waals surface area contributed by atoms with Crippen molar-refractivity contribution in [3.8, 4) is 58.5 Å². The lowest BCUT2D eigenvalue weighted by molar-refractivity contribution is -0.109. The summed E-state index contributed by atoms with van der Waals surface area (Å²) in [6, 6.07) is 135. The van der Waals surface area contributed by atoms with Crippen LogP contribution in [-0.4, -0.2) is 17.3 Å². The molecule has 542 valence electrons. The quantitative estimate of drug-likeness (QED) is 0.0902. The lowest BCUT2D eigenvalue weighted by Gasteiger charge is -2.16. The summed E-state index contributed by atoms with van der Waals surface area (Å²) in [5, 5.41) is 0. The molecule has 15 aromatic rings. The zero-order valence-electron chi connectivity index (χ0n) is 62.8. The van der Waals surface area contributed by atoms with Crippen molar-refractivity contribution in [3.05, 3.63) is 513 Å². The predicted molar refractivity (Wildman–Crippen MR) is 471 cm³/mol. The van der Waals surface area contributed by atoms with Crippen molar-refractivity contribution < 1.29 is 23.9 Å². The summed E-state index contributed by atoms with van der Waals surface area (Å²) >= 11 is 0. The number of Topliss-reactive ketones (excluding diaryl/α,β-unsaturated/α-hetero) is 3. The average Bonchev–Trinajstić information content (AvgIpc) is 1.59. The summed E-state index contributed by atoms with van der Waals surface area (Å²) in [5.74, 6) is 21.8. The van der Waals surface area contributed by atoms with E-state index >= 15 is 14.4 Å². The van der Waals surface area contributed by atoms with Crippen LogP contribution in [0, 0.1) is 35.5 Å². The second-order valence-electron chi connectivity index (χ2n) is 28.2. The summed E-state index contributed by atoms with van der Waals surface area (Å²) in [4.78, 5) is 46.5. The number of allylic oxidation sites excluding steroid dienone is 12. The second-order valence-corrected chi connectivity index (χ2v) is 28.2. The summed E-state index contributed by atoms with van der Waals surface area (Å²) in [7, 11) is 0. The van der Waals surface area contributed by atoms with Gasteiger partial charge in [-0.1, -0.05) is 327 Å². The fourth-order valence-electron chi connectivity index (χ4n) is 15.4. The number of carbonyl (C=O) groups excluding carboxylic acids is 3. The molecule has 0 bridgehead atoms. The third-order valence-corrected chi connectivity index (χ3v) is 20.9. The van der Waals surface area contributed by atoms with E-state index in [0.29, 0.717) is 56.4 Å². The fraction of sp³-hybridized carbons (Fsp3) is 0. The van der Waals surface area contributed by atoms with Gasteiger partial charge in [0.2, 0.25) is 0 Å². The normalized spacial score (nSPS) is 13.2. The summed E-state index contributed by atoms with van der Waals surface area (Å²) in [6.07, 6.45) is 0. The highest BCUT2D eigenvalue weighted by Gasteiger charge is 2.39. The molecule has 0 radical (unpaired) electrons. The minimum atomic E-state index is -0.118. The highest BCUT2D eigenvalue weighted by Crippen LogP contribution is 2.54. The van der Waals surface area contributed by atoms with Crippen LogP contribution in [0.4, 0.5) is 0 Å². The lowest BCUT2D eigenvalue weighted by atomic mass is 9.89. The second kappa shape index (κ2) is 32.5. The van der Waals surface area contributed by atoms with Gasteiger partial charge in [0.1, 0.15) is 23.0 Å². The smallest absolute Gasteiger partial charge is 0.195 e. The number of benzene rings is 15. The van der Waals surface area contributed by atoms with Crippen molar-refractivity contribution >= 4 is 84.2 Å². The molecule has 0 N–H and O–H groups in total. The maximum atomic E-state index is 15.9. The molecule has 5 nitrogen and oxygen atoms in total. The molecule has 0 aromatic heterocycles. The minimum Gasteiger partial charge on any atom is -0.457 e. The van der Waals surface area contributed by atoms with Gasteiger partial charge in [-0.15, -0.1) is 0 Å². The van der Waals surface area contributed by atoms with E-state index in [-0.39, 0.29) is 17.3 Å². The molecule has 0 amide bonds. The van der Waals surface area contributed by atoms with Gasteiger partial charge < -0.3 is 9.47 Å². The molecule has 0 saturated carbocycles. The van der Waals surface area contributed by atoms with E-state index in [4.69, 9.17) is 9.47 Å². The van der Waals surface area contributed by atoms with Crippen molar-refractivity contribution in [1.29, 1.82) is 0 Å². The first-order chi connectivity index (χ1) is 57.3. The highest BCUT2D eigenvalue weighted by atomic mass is 16.5. The number of rotatable bonds is 16. The molecule has 0 atom stereocenters. The van der Waals surface area contributed by atoms with E-state index in [2.05, 4.69) is 59.8 Å². The SMILES string of the molecule is O=C1C(c2ccc(C#Cc3ccccc3)cc2)=C(c2ccccc2)C(c2ccc(Oc3ccc(C4=C(c5ccccc5)C(=O)C(c5ccc(C#Cc6ccccc6)cc5)=C4c4ccc(Oc5ccc(C6=C(c7ccc(C#Cc8ccccc8)cc7)C(=O)C(c7ccccc7)=C6c6ccccc6)cc5)cc4)cc3)cc2)=C1c1ccccc1. The van der Waals surface area contributed by atoms with Gasteiger partial charge in [-0.2, -0.15) is 0 Å². The van der Waals surface area contributed by atoms with Crippen LogP contribution in [0.3, 0.4) is 0 Å². The van der Waals surface area contributed by atoms with E-state index in [1.165, 1.54) is 0 Å². The Balaban J connectivity index is 0.678. The van der Waals surface area contributed by atoms with Crippen molar-refractivity contribution in [1.82, 2.24) is 0 Å². The molecule has 116 heavy (non-hydrogen) atoms. The molecule has 5 heteroatoms. The van der Waals surface area contributed by atoms with E-state index in [9.17, 15) is 0 Å². The van der Waals surface area contributed by atoms with E-state index in [0.717, 1.165) is 134 Å². The predicted octanol–water partition coefficient (Wildman–Crippen LogP) is 24.8. The van der Waals surface area contributed by atoms with Crippen molar-refractivity contribution in [2.24, 2.45) is 0 Å². The Bertz CT molecular complexity index is 6690. The first kappa shape index (κ1) is 71.6. The van der Waals surface area contributed by atoms with Crippen molar-refractivity contribution in [2.45, 2.75) is 0 Å². The van der Waals surface area contributed by atoms with Crippen LogP contribution in [0.2, 0.25) is 0 Å². The molecule has 3 aliphatic rings. The van der Waals surface area contributed by atoms with Gasteiger partial charge in [0, 0.05) is 100 Å². The summed E-state index contributed by atoms with van der Waals surface area (Å²) in [5.41, 5.74) is 23.6. The average molecular weight is 1480 g/mol. The molecular weight excluding hydrogens is 1410 g/mol. The molecule has 15 aromatic carbocycles. The number of ether oxygens (including phenoxy) is 2. The highest BCUT2D eigenvalue weighted by molar-refractivity contribution is 6.61. The van der Waals surface area contributed by atoms with E-state index in [1.807, 2.05) is 388 Å². The molecule has 0 fully saturated rings. The zero-order chi connectivity index (χ0) is 78.1. The number of hydrogen-bond acceptors (Lipinski definition) is 5. The van der Waals surface area contributed by atoms with Gasteiger partial charge in [-0.3, -0.25) is 14.4 Å². The summed E-state index contributed by atoms with van der Waals surface area (Å²) < 4.78 is 13.5. The Morgan fingerprint density at radius 3 is 0.440 bits per heavy atom. The van der Waals surface area contributed by atoms with Crippen molar-refractivity contribution in [3.63, 3.8) is 0 Å². The van der Waals surface area contributed by atoms with Gasteiger partial charge in [-0.05, 0) is 188 Å². The van der Waals surface area contributed by atoms with Gasteiger partial charge in [-0.25, -0.2) is 0 Å². The van der Waals surface area contributed by atoms with Gasteiger partial charge in [0.15, 0.2) is 17.3 Å². The number of hydrogen-bond donors (Lipinski definition) is 0. The third kappa shape index (κ3) is 14.9. The topological polar surface area (TPSA) is 69.7 Å². The van der Waals surface area contributed by atoms with Crippen LogP contribution >= 0.6 is 0 Å². The standard InChI is InChI=1S/C111H68O5/c112-109-103(83-35-19-6-20-36-83)97(81-31-15-4-16-32-81)100(107(109)91-55-49-79(50-56-91)45-42-76-27-11-2-12-28-76)87-61-69-94(70-62-87)116-96-73-65-89(66-74-96)102-101(105(85-39-23-8-24-40-85)111(114)108(102)92-57-51-80(52-58-92)46-43-77-29-13-3-14-30-77)88-63-71-95(72-64-88)115-93-67-59-86(60-68-93)99-98(82-33-17-5-18-34-82)106(110(113)104(99)84-37-21-7-22-38-84)90-53-47-78(48-54-90)44-41-75-25-9-1-10-26-75/h1-40,47-74H. The Hall–Kier alpha value is -16.0. The first-order valence-electron chi connectivity index (χ1n) is 38.5. The Labute approximate surface area is 674 Å². The van der Waals surface area contributed by atoms with Gasteiger partial charge in [0.05, 0.1) is 0 Å². The van der Waals surface area contributed by atoms with Crippen molar-refractivity contribution in [2.75, 3.05) is 0 Å². The molecule has 18 rings (SSSR count). The van der Waals surface area contributed by atoms with E-state index in [1.54, 1.807) is 0 Å². The lowest BCUT2D eigenvalue weighted by Crippen LogP contribution is -2.02. The van der Waals surface area contributed by atoms with Crippen LogP contribution in [0.5, 0.6) is 23.0 Å². The van der Waals surface area contributed by atoms with Crippen LogP contribution in [0.1, 0.15) is 100 Å². The molecular formula is C111H68O5. The molecule has 0 heterocycles. The van der Waals surface area contributed by atoms with Crippen LogP contribution in [-0.2, 0) is 14.4 Å². The minimum absolute atomic E-state index is 0.0626. The van der Waals surface area contributed by atoms with Crippen LogP contribution < -0.4 is 9.47 Å². The summed E-state index contributed by atoms with van der Waals surface area (Å²) in [6.45, 7) is 0. The fourth-order valence-corrected chi connectivity index (χ4v) is 15.4. The maximum Gasteiger partial charge on any atom is 0.195 e. The Morgan fingerprint density at radius 2 is 0.259 bits per heavy atom. The maximum absolute atomic E-state index is 15.9.